The Kier molecular flexibility index (Phi) is 5.48. The van der Waals surface area contributed by atoms with Gasteiger partial charge in [-0.2, -0.15) is 0 Å². The molecule has 102 valence electrons. The van der Waals surface area contributed by atoms with Crippen LogP contribution in [0, 0.1) is 0 Å². The Balaban J connectivity index is 3.32. The first-order valence-corrected chi connectivity index (χ1v) is 9.79. The Morgan fingerprint density at radius 1 is 0.833 bits per heavy atom. The molecule has 2 heteroatoms. The highest BCUT2D eigenvalue weighted by atomic mass is 35.5. The van der Waals surface area contributed by atoms with Crippen molar-refractivity contribution in [3.63, 3.8) is 0 Å². The highest BCUT2D eigenvalue weighted by molar-refractivity contribution is 6.95. The van der Waals surface area contributed by atoms with Crippen molar-refractivity contribution in [1.29, 1.82) is 0 Å². The van der Waals surface area contributed by atoms with Crippen LogP contribution >= 0.6 is 11.6 Å². The molecule has 0 amide bonds. The Labute approximate surface area is 119 Å². The third-order valence-electron chi connectivity index (χ3n) is 4.47. The largest absolute Gasteiger partial charge is 0.122 e. The van der Waals surface area contributed by atoms with Crippen LogP contribution in [0.1, 0.15) is 47.1 Å². The van der Waals surface area contributed by atoms with Gasteiger partial charge in [-0.25, -0.2) is 0 Å². The second kappa shape index (κ2) is 6.25. The lowest BCUT2D eigenvalue weighted by Crippen LogP contribution is -2.55. The lowest BCUT2D eigenvalue weighted by atomic mass is 10.2. The van der Waals surface area contributed by atoms with Crippen LogP contribution in [0.4, 0.5) is 0 Å². The first-order valence-electron chi connectivity index (χ1n) is 7.02. The van der Waals surface area contributed by atoms with E-state index in [-0.39, 0.29) is 0 Å². The number of hydrogen-bond acceptors (Lipinski definition) is 0. The van der Waals surface area contributed by atoms with Gasteiger partial charge in [-0.1, -0.05) is 71.0 Å². The van der Waals surface area contributed by atoms with Gasteiger partial charge in [0.1, 0.15) is 0 Å². The molecule has 0 bridgehead atoms. The predicted octanol–water partition coefficient (Wildman–Crippen LogP) is 5.31. The van der Waals surface area contributed by atoms with Crippen molar-refractivity contribution in [3.05, 3.63) is 29.8 Å². The number of halogens is 1. The molecule has 0 heterocycles. The molecule has 0 fully saturated rings. The maximum Gasteiger partial charge on any atom is 0.0942 e. The molecule has 1 aromatic rings. The highest BCUT2D eigenvalue weighted by Gasteiger charge is 2.43. The van der Waals surface area contributed by atoms with Crippen LogP contribution in [0.15, 0.2) is 24.3 Å². The summed E-state index contributed by atoms with van der Waals surface area (Å²) in [5, 5.41) is 1.59. The Morgan fingerprint density at radius 2 is 1.22 bits per heavy atom. The standard InChI is InChI=1S/C16H27ClSi/c1-12(2)18(13(3)4,14(5)6)16-9-7-15(11-17)8-10-16/h7-10,12-14H,11H2,1-6H3. The Hall–Kier alpha value is -0.273. The fourth-order valence-electron chi connectivity index (χ4n) is 3.88. The molecule has 1 aromatic carbocycles. The molecule has 18 heavy (non-hydrogen) atoms. The first-order chi connectivity index (χ1) is 8.37. The van der Waals surface area contributed by atoms with E-state index in [1.807, 2.05) is 0 Å². The average Bonchev–Trinajstić information content (AvgIpc) is 2.29. The zero-order chi connectivity index (χ0) is 13.9. The molecule has 0 saturated heterocycles. The maximum atomic E-state index is 5.89. The number of rotatable bonds is 5. The molecule has 0 spiro atoms. The van der Waals surface area contributed by atoms with Crippen molar-refractivity contribution in [1.82, 2.24) is 0 Å². The summed E-state index contributed by atoms with van der Waals surface area (Å²) < 4.78 is 0. The van der Waals surface area contributed by atoms with Gasteiger partial charge < -0.3 is 0 Å². The van der Waals surface area contributed by atoms with E-state index < -0.39 is 8.07 Å². The van der Waals surface area contributed by atoms with Gasteiger partial charge in [0, 0.05) is 5.88 Å². The normalized spacial score (nSPS) is 12.8. The minimum absolute atomic E-state index is 0.611. The summed E-state index contributed by atoms with van der Waals surface area (Å²) in [7, 11) is -1.48. The summed E-state index contributed by atoms with van der Waals surface area (Å²) >= 11 is 5.89. The SMILES string of the molecule is CC(C)[Si](c1ccc(CCl)cc1)(C(C)C)C(C)C. The number of benzene rings is 1. The predicted molar refractivity (Wildman–Crippen MR) is 86.7 cm³/mol. The number of hydrogen-bond donors (Lipinski definition) is 0. The Bertz CT molecular complexity index is 343. The maximum absolute atomic E-state index is 5.89. The minimum Gasteiger partial charge on any atom is -0.122 e. The van der Waals surface area contributed by atoms with Crippen molar-refractivity contribution in [2.75, 3.05) is 0 Å². The average molecular weight is 283 g/mol. The van der Waals surface area contributed by atoms with Crippen molar-refractivity contribution in [2.24, 2.45) is 0 Å². The molecule has 0 radical (unpaired) electrons. The highest BCUT2D eigenvalue weighted by Crippen LogP contribution is 2.40. The van der Waals surface area contributed by atoms with Crippen molar-refractivity contribution >= 4 is 24.9 Å². The fraction of sp³-hybridized carbons (Fsp3) is 0.625. The van der Waals surface area contributed by atoms with E-state index in [2.05, 4.69) is 65.8 Å². The quantitative estimate of drug-likeness (QED) is 0.507. The number of alkyl halides is 1. The summed E-state index contributed by atoms with van der Waals surface area (Å²) in [4.78, 5) is 0. The van der Waals surface area contributed by atoms with Crippen LogP contribution in [0.25, 0.3) is 0 Å². The molecule has 0 aliphatic rings. The molecule has 0 unspecified atom stereocenters. The summed E-state index contributed by atoms with van der Waals surface area (Å²) in [5.74, 6) is 0.611. The van der Waals surface area contributed by atoms with E-state index >= 15 is 0 Å². The summed E-state index contributed by atoms with van der Waals surface area (Å²) in [6.07, 6.45) is 0. The second-order valence-corrected chi connectivity index (χ2v) is 12.4. The molecule has 0 atom stereocenters. The first kappa shape index (κ1) is 15.8. The van der Waals surface area contributed by atoms with E-state index in [9.17, 15) is 0 Å². The molecular formula is C16H27ClSi. The Morgan fingerprint density at radius 3 is 1.50 bits per heavy atom. The molecule has 0 aliphatic carbocycles. The van der Waals surface area contributed by atoms with Gasteiger partial charge in [0.15, 0.2) is 0 Å². The smallest absolute Gasteiger partial charge is 0.0942 e. The van der Waals surface area contributed by atoms with Crippen molar-refractivity contribution in [2.45, 2.75) is 64.0 Å². The summed E-state index contributed by atoms with van der Waals surface area (Å²) in [5.41, 5.74) is 3.51. The van der Waals surface area contributed by atoms with Gasteiger partial charge in [0.2, 0.25) is 0 Å². The topological polar surface area (TPSA) is 0 Å². The zero-order valence-corrected chi connectivity index (χ0v) is 14.4. The van der Waals surface area contributed by atoms with Crippen LogP contribution in [-0.2, 0) is 5.88 Å². The minimum atomic E-state index is -1.48. The molecule has 0 aromatic heterocycles. The molecule has 1 rings (SSSR count). The van der Waals surface area contributed by atoms with E-state index in [0.717, 1.165) is 16.6 Å². The van der Waals surface area contributed by atoms with E-state index in [4.69, 9.17) is 11.6 Å². The van der Waals surface area contributed by atoms with Gasteiger partial charge in [-0.3, -0.25) is 0 Å². The van der Waals surface area contributed by atoms with E-state index in [1.54, 1.807) is 5.19 Å². The van der Waals surface area contributed by atoms with Crippen molar-refractivity contribution in [3.8, 4) is 0 Å². The van der Waals surface area contributed by atoms with Gasteiger partial charge >= 0.3 is 0 Å². The van der Waals surface area contributed by atoms with Gasteiger partial charge in [-0.05, 0) is 22.2 Å². The lowest BCUT2D eigenvalue weighted by Gasteiger charge is -2.43. The van der Waals surface area contributed by atoms with Gasteiger partial charge in [0.05, 0.1) is 8.07 Å². The molecule has 0 nitrogen and oxygen atoms in total. The zero-order valence-electron chi connectivity index (χ0n) is 12.6. The van der Waals surface area contributed by atoms with E-state index in [0.29, 0.717) is 5.88 Å². The molecule has 0 N–H and O–H groups in total. The molecule has 0 saturated carbocycles. The summed E-state index contributed by atoms with van der Waals surface area (Å²) in [6.45, 7) is 14.4. The van der Waals surface area contributed by atoms with Gasteiger partial charge in [-0.15, -0.1) is 11.6 Å². The van der Waals surface area contributed by atoms with E-state index in [1.165, 1.54) is 5.56 Å². The monoisotopic (exact) mass is 282 g/mol. The van der Waals surface area contributed by atoms with Crippen LogP contribution in [-0.4, -0.2) is 8.07 Å². The molecule has 0 aliphatic heterocycles. The lowest BCUT2D eigenvalue weighted by molar-refractivity contribution is 0.835. The second-order valence-electron chi connectivity index (χ2n) is 6.23. The van der Waals surface area contributed by atoms with Crippen LogP contribution in [0.3, 0.4) is 0 Å². The third kappa shape index (κ3) is 2.67. The van der Waals surface area contributed by atoms with Crippen molar-refractivity contribution < 1.29 is 0 Å². The fourth-order valence-corrected chi connectivity index (χ4v) is 10.8. The van der Waals surface area contributed by atoms with Crippen LogP contribution in [0.5, 0.6) is 0 Å². The van der Waals surface area contributed by atoms with Crippen LogP contribution in [0.2, 0.25) is 16.6 Å². The molecular weight excluding hydrogens is 256 g/mol. The third-order valence-corrected chi connectivity index (χ3v) is 11.8. The summed E-state index contributed by atoms with van der Waals surface area (Å²) in [6, 6.07) is 9.09. The van der Waals surface area contributed by atoms with Gasteiger partial charge in [0.25, 0.3) is 0 Å². The van der Waals surface area contributed by atoms with Crippen LogP contribution < -0.4 is 5.19 Å².